The van der Waals surface area contributed by atoms with Gasteiger partial charge in [0, 0.05) is 6.61 Å². The maximum Gasteiger partial charge on any atom is 0.129 e. The molecule has 0 aromatic rings. The van der Waals surface area contributed by atoms with Gasteiger partial charge in [-0.1, -0.05) is 31.6 Å². The number of rotatable bonds is 3. The highest BCUT2D eigenvalue weighted by atomic mass is 28.3. The van der Waals surface area contributed by atoms with Gasteiger partial charge in [0.05, 0.1) is 0 Å². The van der Waals surface area contributed by atoms with Crippen molar-refractivity contribution in [2.45, 2.75) is 32.5 Å². The molecule has 68 valence electrons. The fourth-order valence-corrected chi connectivity index (χ4v) is 1.13. The van der Waals surface area contributed by atoms with Gasteiger partial charge in [0.15, 0.2) is 0 Å². The van der Waals surface area contributed by atoms with Crippen molar-refractivity contribution in [1.82, 2.24) is 0 Å². The first-order chi connectivity index (χ1) is 5.56. The Morgan fingerprint density at radius 3 is 2.50 bits per heavy atom. The monoisotopic (exact) mass is 182 g/mol. The van der Waals surface area contributed by atoms with Crippen molar-refractivity contribution in [1.29, 1.82) is 0 Å². The van der Waals surface area contributed by atoms with E-state index in [9.17, 15) is 0 Å². The Hall–Kier alpha value is -0.523. The van der Waals surface area contributed by atoms with E-state index in [0.717, 1.165) is 12.8 Å². The van der Waals surface area contributed by atoms with Gasteiger partial charge in [0.25, 0.3) is 0 Å². The van der Waals surface area contributed by atoms with Crippen LogP contribution in [0.25, 0.3) is 0 Å². The Morgan fingerprint density at radius 2 is 2.00 bits per heavy atom. The van der Waals surface area contributed by atoms with Gasteiger partial charge < -0.3 is 5.11 Å². The fourth-order valence-electron chi connectivity index (χ4n) is 0.610. The first-order valence-corrected chi connectivity index (χ1v) is 7.85. The Labute approximate surface area is 76.5 Å². The van der Waals surface area contributed by atoms with Crippen molar-refractivity contribution in [2.75, 3.05) is 6.61 Å². The third kappa shape index (κ3) is 9.48. The summed E-state index contributed by atoms with van der Waals surface area (Å²) in [5, 5.41) is 8.49. The molecule has 0 aliphatic rings. The first kappa shape index (κ1) is 11.5. The lowest BCUT2D eigenvalue weighted by molar-refractivity contribution is 0.289. The molecule has 1 N–H and O–H groups in total. The third-order valence-electron chi connectivity index (χ3n) is 1.18. The Morgan fingerprint density at radius 1 is 1.33 bits per heavy atom. The molecule has 0 saturated heterocycles. The molecular weight excluding hydrogens is 164 g/mol. The second-order valence-corrected chi connectivity index (χ2v) is 8.54. The average molecular weight is 182 g/mol. The summed E-state index contributed by atoms with van der Waals surface area (Å²) >= 11 is 0. The van der Waals surface area contributed by atoms with Crippen LogP contribution in [-0.2, 0) is 0 Å². The lowest BCUT2D eigenvalue weighted by Crippen LogP contribution is -2.16. The van der Waals surface area contributed by atoms with Crippen LogP contribution < -0.4 is 0 Å². The molecule has 0 unspecified atom stereocenters. The van der Waals surface area contributed by atoms with Crippen LogP contribution in [0.4, 0.5) is 0 Å². The van der Waals surface area contributed by atoms with E-state index in [-0.39, 0.29) is 6.61 Å². The van der Waals surface area contributed by atoms with Gasteiger partial charge in [-0.3, -0.25) is 0 Å². The second-order valence-electron chi connectivity index (χ2n) is 3.79. The topological polar surface area (TPSA) is 20.2 Å². The van der Waals surface area contributed by atoms with Gasteiger partial charge >= 0.3 is 0 Å². The van der Waals surface area contributed by atoms with E-state index in [1.54, 1.807) is 0 Å². The Kier molecular flexibility index (Phi) is 5.78. The molecule has 0 aliphatic carbocycles. The molecule has 0 spiro atoms. The summed E-state index contributed by atoms with van der Waals surface area (Å²) < 4.78 is 0. The molecule has 12 heavy (non-hydrogen) atoms. The van der Waals surface area contributed by atoms with Crippen molar-refractivity contribution in [3.05, 3.63) is 12.2 Å². The lowest BCUT2D eigenvalue weighted by Gasteiger charge is -2.01. The van der Waals surface area contributed by atoms with E-state index in [2.05, 4.69) is 31.1 Å². The zero-order chi connectivity index (χ0) is 9.45. The van der Waals surface area contributed by atoms with Crippen molar-refractivity contribution in [2.24, 2.45) is 0 Å². The van der Waals surface area contributed by atoms with Crippen molar-refractivity contribution in [3.63, 3.8) is 0 Å². The van der Waals surface area contributed by atoms with Crippen LogP contribution in [-0.4, -0.2) is 19.8 Å². The minimum Gasteiger partial charge on any atom is -0.396 e. The molecule has 0 aromatic carbocycles. The fraction of sp³-hybridized carbons (Fsp3) is 0.600. The van der Waals surface area contributed by atoms with Gasteiger partial charge in [-0.25, -0.2) is 0 Å². The Balaban J connectivity index is 3.63. The highest BCUT2D eigenvalue weighted by Gasteiger charge is 2.06. The maximum absolute atomic E-state index is 8.49. The van der Waals surface area contributed by atoms with Crippen LogP contribution in [0.1, 0.15) is 12.8 Å². The predicted octanol–water partition coefficient (Wildman–Crippen LogP) is 2.20. The average Bonchev–Trinajstić information content (AvgIpc) is 1.94. The minimum absolute atomic E-state index is 0.270. The molecular formula is C10H18OSi. The van der Waals surface area contributed by atoms with Crippen molar-refractivity contribution < 1.29 is 5.11 Å². The molecule has 0 heterocycles. The number of aliphatic hydroxyl groups excluding tert-OH is 1. The normalized spacial score (nSPS) is 11.3. The molecule has 0 aromatic heterocycles. The summed E-state index contributed by atoms with van der Waals surface area (Å²) in [5.41, 5.74) is 3.24. The molecule has 0 radical (unpaired) electrons. The lowest BCUT2D eigenvalue weighted by atomic mass is 10.3. The number of hydrogen-bond donors (Lipinski definition) is 1. The number of allylic oxidation sites excluding steroid dienone is 2. The van der Waals surface area contributed by atoms with Crippen LogP contribution >= 0.6 is 0 Å². The molecule has 0 rings (SSSR count). The van der Waals surface area contributed by atoms with Crippen molar-refractivity contribution >= 4 is 8.07 Å². The van der Waals surface area contributed by atoms with Crippen LogP contribution in [0.2, 0.25) is 19.6 Å². The standard InChI is InChI=1S/C10H18OSi/c1-12(2,3)10-8-6-4-5-7-9-11/h4,6,11H,5,7,9H2,1-3H3/b6-4-. The number of aliphatic hydroxyl groups is 1. The van der Waals surface area contributed by atoms with Crippen LogP contribution in [0.5, 0.6) is 0 Å². The smallest absolute Gasteiger partial charge is 0.129 e. The van der Waals surface area contributed by atoms with Gasteiger partial charge in [0.2, 0.25) is 0 Å². The van der Waals surface area contributed by atoms with Gasteiger partial charge in [0.1, 0.15) is 8.07 Å². The van der Waals surface area contributed by atoms with E-state index in [1.165, 1.54) is 0 Å². The van der Waals surface area contributed by atoms with Crippen LogP contribution in [0.3, 0.4) is 0 Å². The van der Waals surface area contributed by atoms with Crippen LogP contribution in [0, 0.1) is 11.5 Å². The molecule has 0 bridgehead atoms. The van der Waals surface area contributed by atoms with Crippen molar-refractivity contribution in [3.8, 4) is 11.5 Å². The molecule has 0 aliphatic heterocycles. The summed E-state index contributed by atoms with van der Waals surface area (Å²) in [6, 6.07) is 0. The van der Waals surface area contributed by atoms with Crippen LogP contribution in [0.15, 0.2) is 12.2 Å². The third-order valence-corrected chi connectivity index (χ3v) is 2.07. The zero-order valence-electron chi connectivity index (χ0n) is 8.22. The number of hydrogen-bond acceptors (Lipinski definition) is 1. The van der Waals surface area contributed by atoms with E-state index in [4.69, 9.17) is 5.11 Å². The molecule has 2 heteroatoms. The maximum atomic E-state index is 8.49. The zero-order valence-corrected chi connectivity index (χ0v) is 9.22. The first-order valence-electron chi connectivity index (χ1n) is 4.35. The SMILES string of the molecule is C[Si](C)(C)C#C/C=C\CCCO. The second kappa shape index (κ2) is 6.04. The highest BCUT2D eigenvalue weighted by molar-refractivity contribution is 6.83. The van der Waals surface area contributed by atoms with Gasteiger partial charge in [-0.2, -0.15) is 0 Å². The van der Waals surface area contributed by atoms with E-state index in [1.807, 2.05) is 12.2 Å². The summed E-state index contributed by atoms with van der Waals surface area (Å²) in [4.78, 5) is 0. The van der Waals surface area contributed by atoms with Gasteiger partial charge in [-0.05, 0) is 18.9 Å². The minimum atomic E-state index is -1.19. The van der Waals surface area contributed by atoms with E-state index in [0.29, 0.717) is 0 Å². The molecule has 0 amide bonds. The summed E-state index contributed by atoms with van der Waals surface area (Å²) in [5.74, 6) is 3.03. The predicted molar refractivity (Wildman–Crippen MR) is 56.6 cm³/mol. The largest absolute Gasteiger partial charge is 0.396 e. The quantitative estimate of drug-likeness (QED) is 0.403. The highest BCUT2D eigenvalue weighted by Crippen LogP contribution is 1.96. The van der Waals surface area contributed by atoms with E-state index >= 15 is 0 Å². The molecule has 0 fully saturated rings. The molecule has 0 saturated carbocycles. The Bertz CT molecular complexity index is 190. The van der Waals surface area contributed by atoms with E-state index < -0.39 is 8.07 Å². The molecule has 1 nitrogen and oxygen atoms in total. The summed E-state index contributed by atoms with van der Waals surface area (Å²) in [7, 11) is -1.19. The van der Waals surface area contributed by atoms with Gasteiger partial charge in [-0.15, -0.1) is 5.54 Å². The summed E-state index contributed by atoms with van der Waals surface area (Å²) in [6.07, 6.45) is 5.68. The number of unbranched alkanes of at least 4 members (excludes halogenated alkanes) is 1. The molecule has 0 atom stereocenters. The summed E-state index contributed by atoms with van der Waals surface area (Å²) in [6.45, 7) is 6.94.